The van der Waals surface area contributed by atoms with Crippen LogP contribution in [0, 0.1) is 5.92 Å². The van der Waals surface area contributed by atoms with Gasteiger partial charge in [-0.05, 0) is 32.5 Å². The lowest BCUT2D eigenvalue weighted by molar-refractivity contribution is 0.0806. The molecule has 1 fully saturated rings. The molecule has 1 aromatic rings. The van der Waals surface area contributed by atoms with Crippen LogP contribution in [0.2, 0.25) is 0 Å². The third kappa shape index (κ3) is 2.37. The quantitative estimate of drug-likeness (QED) is 0.903. The highest BCUT2D eigenvalue weighted by Gasteiger charge is 2.37. The average Bonchev–Trinajstić information content (AvgIpc) is 2.87. The van der Waals surface area contributed by atoms with Crippen molar-refractivity contribution in [2.24, 2.45) is 5.92 Å². The van der Waals surface area contributed by atoms with Crippen LogP contribution in [-0.2, 0) is 0 Å². The second-order valence-electron chi connectivity index (χ2n) is 5.86. The Balaban J connectivity index is 1.90. The van der Waals surface area contributed by atoms with Gasteiger partial charge in [-0.15, -0.1) is 0 Å². The van der Waals surface area contributed by atoms with Crippen molar-refractivity contribution in [3.8, 4) is 5.75 Å². The van der Waals surface area contributed by atoms with Crippen molar-refractivity contribution in [2.45, 2.75) is 31.8 Å². The van der Waals surface area contributed by atoms with Gasteiger partial charge >= 0.3 is 0 Å². The Labute approximate surface area is 115 Å². The molecule has 0 spiro atoms. The minimum Gasteiger partial charge on any atom is -0.493 e. The molecule has 0 aliphatic carbocycles. The first kappa shape index (κ1) is 12.9. The van der Waals surface area contributed by atoms with Crippen LogP contribution in [0.1, 0.15) is 31.4 Å². The van der Waals surface area contributed by atoms with Crippen molar-refractivity contribution < 1.29 is 4.74 Å². The van der Waals surface area contributed by atoms with E-state index in [4.69, 9.17) is 4.74 Å². The summed E-state index contributed by atoms with van der Waals surface area (Å²) in [6.45, 7) is 5.46. The Kier molecular flexibility index (Phi) is 3.76. The first-order valence-corrected chi connectivity index (χ1v) is 7.43. The summed E-state index contributed by atoms with van der Waals surface area (Å²) >= 11 is 0. The lowest BCUT2D eigenvalue weighted by Gasteiger charge is -2.40. The molecule has 3 unspecified atom stereocenters. The van der Waals surface area contributed by atoms with Crippen LogP contribution >= 0.6 is 0 Å². The summed E-state index contributed by atoms with van der Waals surface area (Å²) in [7, 11) is 2.05. The number of hydrogen-bond acceptors (Lipinski definition) is 3. The van der Waals surface area contributed by atoms with Crippen LogP contribution in [0.25, 0.3) is 0 Å². The number of para-hydroxylation sites is 1. The zero-order valence-electron chi connectivity index (χ0n) is 11.9. The first-order valence-electron chi connectivity index (χ1n) is 7.43. The standard InChI is InChI=1S/C16H24N2O/c1-12-11-19-15-8-4-3-7-14(15)16(12)18-9-5-6-13(18)10-17-2/h3-4,7-8,12-13,16-17H,5-6,9-11H2,1-2H3. The molecule has 1 aromatic carbocycles. The van der Waals surface area contributed by atoms with Crippen LogP contribution in [0.15, 0.2) is 24.3 Å². The number of fused-ring (bicyclic) bond motifs is 1. The number of rotatable bonds is 3. The van der Waals surface area contributed by atoms with Crippen LogP contribution in [0.5, 0.6) is 5.75 Å². The van der Waals surface area contributed by atoms with Gasteiger partial charge < -0.3 is 10.1 Å². The highest BCUT2D eigenvalue weighted by Crippen LogP contribution is 2.41. The van der Waals surface area contributed by atoms with Crippen LogP contribution in [0.4, 0.5) is 0 Å². The summed E-state index contributed by atoms with van der Waals surface area (Å²) in [6, 6.07) is 9.74. The van der Waals surface area contributed by atoms with Gasteiger partial charge in [0.1, 0.15) is 5.75 Å². The van der Waals surface area contributed by atoms with Gasteiger partial charge in [0.25, 0.3) is 0 Å². The monoisotopic (exact) mass is 260 g/mol. The average molecular weight is 260 g/mol. The van der Waals surface area contributed by atoms with Crippen molar-refractivity contribution in [1.82, 2.24) is 10.2 Å². The van der Waals surface area contributed by atoms with Crippen molar-refractivity contribution >= 4 is 0 Å². The Morgan fingerprint density at radius 3 is 3.05 bits per heavy atom. The minimum absolute atomic E-state index is 0.519. The summed E-state index contributed by atoms with van der Waals surface area (Å²) in [6.07, 6.45) is 2.63. The molecule has 3 rings (SSSR count). The molecule has 0 aromatic heterocycles. The molecule has 2 heterocycles. The summed E-state index contributed by atoms with van der Waals surface area (Å²) in [5.74, 6) is 1.65. The van der Waals surface area contributed by atoms with E-state index in [1.54, 1.807) is 0 Å². The third-order valence-electron chi connectivity index (χ3n) is 4.50. The van der Waals surface area contributed by atoms with E-state index in [-0.39, 0.29) is 0 Å². The third-order valence-corrected chi connectivity index (χ3v) is 4.50. The van der Waals surface area contributed by atoms with Gasteiger partial charge in [0.2, 0.25) is 0 Å². The summed E-state index contributed by atoms with van der Waals surface area (Å²) in [4.78, 5) is 2.70. The van der Waals surface area contributed by atoms with Crippen LogP contribution < -0.4 is 10.1 Å². The molecule has 3 nitrogen and oxygen atoms in total. The molecule has 3 atom stereocenters. The van der Waals surface area contributed by atoms with Gasteiger partial charge in [-0.3, -0.25) is 4.90 Å². The fourth-order valence-corrected chi connectivity index (χ4v) is 3.66. The van der Waals surface area contributed by atoms with Gasteiger partial charge in [-0.2, -0.15) is 0 Å². The molecule has 3 heteroatoms. The number of hydrogen-bond donors (Lipinski definition) is 1. The maximum Gasteiger partial charge on any atom is 0.124 e. The fraction of sp³-hybridized carbons (Fsp3) is 0.625. The summed E-state index contributed by atoms with van der Waals surface area (Å²) < 4.78 is 5.88. The molecular formula is C16H24N2O. The molecule has 2 aliphatic heterocycles. The molecule has 2 aliphatic rings. The van der Waals surface area contributed by atoms with Gasteiger partial charge in [0, 0.05) is 30.1 Å². The minimum atomic E-state index is 0.519. The molecular weight excluding hydrogens is 236 g/mol. The molecule has 0 saturated carbocycles. The number of benzene rings is 1. The number of likely N-dealkylation sites (N-methyl/N-ethyl adjacent to an activating group) is 1. The van der Waals surface area contributed by atoms with Crippen molar-refractivity contribution in [3.05, 3.63) is 29.8 Å². The van der Waals surface area contributed by atoms with Gasteiger partial charge in [-0.25, -0.2) is 0 Å². The Bertz CT molecular complexity index is 435. The predicted octanol–water partition coefficient (Wildman–Crippen LogP) is 2.44. The van der Waals surface area contributed by atoms with E-state index in [0.29, 0.717) is 18.0 Å². The lowest BCUT2D eigenvalue weighted by atomic mass is 9.90. The topological polar surface area (TPSA) is 24.5 Å². The zero-order chi connectivity index (χ0) is 13.2. The maximum absolute atomic E-state index is 5.88. The largest absolute Gasteiger partial charge is 0.493 e. The summed E-state index contributed by atoms with van der Waals surface area (Å²) in [5.41, 5.74) is 1.38. The highest BCUT2D eigenvalue weighted by atomic mass is 16.5. The SMILES string of the molecule is CNCC1CCCN1C1c2ccccc2OCC1C. The van der Waals surface area contributed by atoms with Crippen LogP contribution in [0.3, 0.4) is 0 Å². The molecule has 1 saturated heterocycles. The van der Waals surface area contributed by atoms with Gasteiger partial charge in [0.15, 0.2) is 0 Å². The van der Waals surface area contributed by atoms with E-state index in [1.165, 1.54) is 24.9 Å². The second kappa shape index (κ2) is 5.51. The number of nitrogens with one attached hydrogen (secondary N) is 1. The fourth-order valence-electron chi connectivity index (χ4n) is 3.66. The van der Waals surface area contributed by atoms with E-state index in [2.05, 4.69) is 48.5 Å². The molecule has 1 N–H and O–H groups in total. The zero-order valence-corrected chi connectivity index (χ0v) is 11.9. The van der Waals surface area contributed by atoms with E-state index < -0.39 is 0 Å². The molecule has 19 heavy (non-hydrogen) atoms. The van der Waals surface area contributed by atoms with Crippen molar-refractivity contribution in [3.63, 3.8) is 0 Å². The molecule has 104 valence electrons. The first-order chi connectivity index (χ1) is 9.31. The van der Waals surface area contributed by atoms with E-state index >= 15 is 0 Å². The van der Waals surface area contributed by atoms with E-state index in [1.807, 2.05) is 0 Å². The van der Waals surface area contributed by atoms with Crippen molar-refractivity contribution in [1.29, 1.82) is 0 Å². The lowest BCUT2D eigenvalue weighted by Crippen LogP contribution is -2.44. The maximum atomic E-state index is 5.88. The number of nitrogens with zero attached hydrogens (tertiary/aromatic N) is 1. The second-order valence-corrected chi connectivity index (χ2v) is 5.86. The Hall–Kier alpha value is -1.06. The normalized spacial score (nSPS) is 30.9. The van der Waals surface area contributed by atoms with E-state index in [0.717, 1.165) is 18.9 Å². The van der Waals surface area contributed by atoms with Crippen molar-refractivity contribution in [2.75, 3.05) is 26.7 Å². The summed E-state index contributed by atoms with van der Waals surface area (Å²) in [5, 5.41) is 3.34. The molecule has 0 bridgehead atoms. The van der Waals surface area contributed by atoms with Crippen LogP contribution in [-0.4, -0.2) is 37.7 Å². The van der Waals surface area contributed by atoms with E-state index in [9.17, 15) is 0 Å². The highest BCUT2D eigenvalue weighted by molar-refractivity contribution is 5.38. The number of ether oxygens (including phenoxy) is 1. The van der Waals surface area contributed by atoms with Gasteiger partial charge in [0.05, 0.1) is 6.61 Å². The smallest absolute Gasteiger partial charge is 0.124 e. The number of likely N-dealkylation sites (tertiary alicyclic amines) is 1. The Morgan fingerprint density at radius 1 is 1.37 bits per heavy atom. The molecule has 0 radical (unpaired) electrons. The Morgan fingerprint density at radius 2 is 2.21 bits per heavy atom. The predicted molar refractivity (Wildman–Crippen MR) is 77.5 cm³/mol. The van der Waals surface area contributed by atoms with Gasteiger partial charge in [-0.1, -0.05) is 25.1 Å². The molecule has 0 amide bonds.